The average molecular weight is 304 g/mol. The fourth-order valence-corrected chi connectivity index (χ4v) is 2.11. The fourth-order valence-electron chi connectivity index (χ4n) is 2.11. The number of amides is 1. The van der Waals surface area contributed by atoms with E-state index in [0.29, 0.717) is 6.54 Å². The van der Waals surface area contributed by atoms with Crippen molar-refractivity contribution in [3.8, 4) is 0 Å². The van der Waals surface area contributed by atoms with Crippen molar-refractivity contribution in [2.45, 2.75) is 39.3 Å². The predicted octanol–water partition coefficient (Wildman–Crippen LogP) is 3.44. The molecule has 0 saturated carbocycles. The van der Waals surface area contributed by atoms with Crippen LogP contribution in [0.3, 0.4) is 0 Å². The van der Waals surface area contributed by atoms with Crippen LogP contribution >= 0.6 is 0 Å². The lowest BCUT2D eigenvalue weighted by Crippen LogP contribution is -2.33. The number of rotatable bonds is 6. The normalized spacial score (nSPS) is 11.6. The maximum Gasteiger partial charge on any atom is 0.407 e. The van der Waals surface area contributed by atoms with Crippen LogP contribution in [0.15, 0.2) is 34.9 Å². The van der Waals surface area contributed by atoms with E-state index in [1.807, 2.05) is 39.0 Å². The number of para-hydroxylation sites is 1. The summed E-state index contributed by atoms with van der Waals surface area (Å²) in [4.78, 5) is 11.5. The number of ether oxygens (including phenoxy) is 1. The van der Waals surface area contributed by atoms with Crippen molar-refractivity contribution in [1.29, 1.82) is 0 Å². The minimum atomic E-state index is -0.454. The van der Waals surface area contributed by atoms with E-state index in [4.69, 9.17) is 9.15 Å². The minimum Gasteiger partial charge on any atom is -0.464 e. The largest absolute Gasteiger partial charge is 0.464 e. The zero-order valence-electron chi connectivity index (χ0n) is 13.4. The molecule has 0 fully saturated rings. The number of fused-ring (bicyclic) bond motifs is 1. The first-order valence-electron chi connectivity index (χ1n) is 7.58. The van der Waals surface area contributed by atoms with Crippen molar-refractivity contribution in [1.82, 2.24) is 10.6 Å². The van der Waals surface area contributed by atoms with Gasteiger partial charge in [0.25, 0.3) is 0 Å². The van der Waals surface area contributed by atoms with Gasteiger partial charge in [-0.25, -0.2) is 4.79 Å². The van der Waals surface area contributed by atoms with Crippen molar-refractivity contribution >= 4 is 17.1 Å². The summed E-state index contributed by atoms with van der Waals surface area (Å²) in [6.45, 7) is 7.71. The molecule has 0 aliphatic carbocycles. The first-order valence-corrected chi connectivity index (χ1v) is 7.58. The highest BCUT2D eigenvalue weighted by molar-refractivity contribution is 5.80. The van der Waals surface area contributed by atoms with Crippen LogP contribution < -0.4 is 10.6 Å². The maximum absolute atomic E-state index is 11.5. The summed E-state index contributed by atoms with van der Waals surface area (Å²) in [6.07, 6.45) is 2.26. The third-order valence-electron chi connectivity index (χ3n) is 3.08. The molecule has 2 rings (SSSR count). The highest BCUT2D eigenvalue weighted by atomic mass is 16.6. The Bertz CT molecular complexity index is 614. The Morgan fingerprint density at radius 1 is 1.23 bits per heavy atom. The van der Waals surface area contributed by atoms with E-state index < -0.39 is 5.60 Å². The molecule has 0 atom stereocenters. The van der Waals surface area contributed by atoms with Gasteiger partial charge in [0.1, 0.15) is 11.2 Å². The van der Waals surface area contributed by atoms with Crippen LogP contribution in [-0.2, 0) is 11.3 Å². The Morgan fingerprint density at radius 2 is 2.00 bits per heavy atom. The molecule has 0 unspecified atom stereocenters. The molecule has 2 N–H and O–H groups in total. The molecular weight excluding hydrogens is 280 g/mol. The number of carbonyl (C=O) groups is 1. The first-order chi connectivity index (χ1) is 10.5. The summed E-state index contributed by atoms with van der Waals surface area (Å²) in [5.41, 5.74) is 1.60. The van der Waals surface area contributed by atoms with Crippen molar-refractivity contribution in [2.75, 3.05) is 13.1 Å². The van der Waals surface area contributed by atoms with E-state index in [1.165, 1.54) is 0 Å². The molecule has 5 heteroatoms. The maximum atomic E-state index is 11.5. The molecule has 0 aliphatic heterocycles. The number of hydrogen-bond donors (Lipinski definition) is 2. The quantitative estimate of drug-likeness (QED) is 0.803. The van der Waals surface area contributed by atoms with Crippen LogP contribution in [-0.4, -0.2) is 24.8 Å². The summed E-state index contributed by atoms with van der Waals surface area (Å²) in [6, 6.07) is 7.99. The summed E-state index contributed by atoms with van der Waals surface area (Å²) in [7, 11) is 0. The zero-order valence-corrected chi connectivity index (χ0v) is 13.4. The van der Waals surface area contributed by atoms with Crippen molar-refractivity contribution in [3.63, 3.8) is 0 Å². The van der Waals surface area contributed by atoms with Gasteiger partial charge in [-0.1, -0.05) is 18.2 Å². The third-order valence-corrected chi connectivity index (χ3v) is 3.08. The predicted molar refractivity (Wildman–Crippen MR) is 86.8 cm³/mol. The molecule has 0 aliphatic rings. The minimum absolute atomic E-state index is 0.367. The van der Waals surface area contributed by atoms with E-state index in [-0.39, 0.29) is 6.09 Å². The fraction of sp³-hybridized carbons (Fsp3) is 0.471. The zero-order chi connectivity index (χ0) is 16.0. The molecule has 0 spiro atoms. The molecule has 1 aromatic carbocycles. The molecule has 0 radical (unpaired) electrons. The van der Waals surface area contributed by atoms with Crippen LogP contribution in [0, 0.1) is 0 Å². The van der Waals surface area contributed by atoms with Gasteiger partial charge in [-0.15, -0.1) is 0 Å². The lowest BCUT2D eigenvalue weighted by atomic mass is 10.2. The number of alkyl carbamates (subject to hydrolysis) is 1. The van der Waals surface area contributed by atoms with Gasteiger partial charge >= 0.3 is 6.09 Å². The molecule has 1 amide bonds. The second-order valence-corrected chi connectivity index (χ2v) is 6.22. The highest BCUT2D eigenvalue weighted by Crippen LogP contribution is 2.20. The van der Waals surface area contributed by atoms with Gasteiger partial charge in [0, 0.05) is 24.0 Å². The summed E-state index contributed by atoms with van der Waals surface area (Å²) >= 11 is 0. The first kappa shape index (κ1) is 16.4. The average Bonchev–Trinajstić information content (AvgIpc) is 2.84. The van der Waals surface area contributed by atoms with E-state index in [2.05, 4.69) is 16.7 Å². The molecular formula is C17H24N2O3. The number of furan rings is 1. The molecule has 22 heavy (non-hydrogen) atoms. The lowest BCUT2D eigenvalue weighted by Gasteiger charge is -2.19. The molecule has 2 aromatic rings. The van der Waals surface area contributed by atoms with Gasteiger partial charge in [0.2, 0.25) is 0 Å². The number of benzene rings is 1. The molecule has 0 bridgehead atoms. The second kappa shape index (κ2) is 7.31. The Labute approximate surface area is 131 Å². The number of nitrogens with one attached hydrogen (secondary N) is 2. The summed E-state index contributed by atoms with van der Waals surface area (Å²) < 4.78 is 10.7. The number of hydrogen-bond acceptors (Lipinski definition) is 4. The van der Waals surface area contributed by atoms with Crippen LogP contribution in [0.2, 0.25) is 0 Å². The van der Waals surface area contributed by atoms with Gasteiger partial charge < -0.3 is 19.8 Å². The lowest BCUT2D eigenvalue weighted by molar-refractivity contribution is 0.0527. The Kier molecular flexibility index (Phi) is 5.44. The molecule has 120 valence electrons. The third kappa shape index (κ3) is 5.07. The van der Waals surface area contributed by atoms with Gasteiger partial charge in [0.15, 0.2) is 0 Å². The second-order valence-electron chi connectivity index (χ2n) is 6.22. The van der Waals surface area contributed by atoms with Gasteiger partial charge in [-0.05, 0) is 39.8 Å². The van der Waals surface area contributed by atoms with Crippen molar-refractivity contribution < 1.29 is 13.9 Å². The molecule has 1 heterocycles. The van der Waals surface area contributed by atoms with Crippen LogP contribution in [0.5, 0.6) is 0 Å². The van der Waals surface area contributed by atoms with E-state index in [1.54, 1.807) is 6.26 Å². The molecule has 0 saturated heterocycles. The molecule has 1 aromatic heterocycles. The van der Waals surface area contributed by atoms with E-state index in [9.17, 15) is 4.79 Å². The van der Waals surface area contributed by atoms with E-state index in [0.717, 1.165) is 36.0 Å². The molecule has 5 nitrogen and oxygen atoms in total. The summed E-state index contributed by atoms with van der Waals surface area (Å²) in [5, 5.41) is 7.23. The summed E-state index contributed by atoms with van der Waals surface area (Å²) in [5.74, 6) is 0. The van der Waals surface area contributed by atoms with Gasteiger partial charge in [0.05, 0.1) is 6.26 Å². The van der Waals surface area contributed by atoms with Crippen molar-refractivity contribution in [2.24, 2.45) is 0 Å². The monoisotopic (exact) mass is 304 g/mol. The van der Waals surface area contributed by atoms with Gasteiger partial charge in [-0.2, -0.15) is 0 Å². The standard InChI is InChI=1S/C17H24N2O3/c1-17(2,3)22-16(20)19-10-6-9-18-11-13-12-21-15-8-5-4-7-14(13)15/h4-5,7-8,12,18H,6,9-11H2,1-3H3,(H,19,20). The van der Waals surface area contributed by atoms with E-state index >= 15 is 0 Å². The Morgan fingerprint density at radius 3 is 2.77 bits per heavy atom. The van der Waals surface area contributed by atoms with Crippen LogP contribution in [0.1, 0.15) is 32.8 Å². The van der Waals surface area contributed by atoms with Crippen LogP contribution in [0.25, 0.3) is 11.0 Å². The highest BCUT2D eigenvalue weighted by Gasteiger charge is 2.15. The Balaban J connectivity index is 1.63. The number of carbonyl (C=O) groups excluding carboxylic acids is 1. The topological polar surface area (TPSA) is 63.5 Å². The smallest absolute Gasteiger partial charge is 0.407 e. The van der Waals surface area contributed by atoms with Crippen LogP contribution in [0.4, 0.5) is 4.79 Å². The Hall–Kier alpha value is -2.01. The SMILES string of the molecule is CC(C)(C)OC(=O)NCCCNCc1coc2ccccc12. The van der Waals surface area contributed by atoms with Crippen molar-refractivity contribution in [3.05, 3.63) is 36.1 Å². The van der Waals surface area contributed by atoms with Gasteiger partial charge in [-0.3, -0.25) is 0 Å².